The van der Waals surface area contributed by atoms with E-state index in [-0.39, 0.29) is 30.9 Å². The van der Waals surface area contributed by atoms with Crippen LogP contribution in [0.2, 0.25) is 0 Å². The molecule has 2 aromatic rings. The minimum Gasteiger partial charge on any atom is -0.496 e. The van der Waals surface area contributed by atoms with Crippen molar-refractivity contribution in [2.24, 2.45) is 0 Å². The summed E-state index contributed by atoms with van der Waals surface area (Å²) in [5, 5.41) is 3.35. The highest BCUT2D eigenvalue weighted by Gasteiger charge is 2.29. The molecule has 0 radical (unpaired) electrons. The van der Waals surface area contributed by atoms with Gasteiger partial charge in [-0.2, -0.15) is 0 Å². The molecule has 0 unspecified atom stereocenters. The number of halogens is 2. The summed E-state index contributed by atoms with van der Waals surface area (Å²) in [5.74, 6) is 3.48. The van der Waals surface area contributed by atoms with Gasteiger partial charge in [0.25, 0.3) is 0 Å². The van der Waals surface area contributed by atoms with Gasteiger partial charge in [-0.15, -0.1) is 24.8 Å². The molecular formula is C27H44Cl2N6O4. The highest BCUT2D eigenvalue weighted by molar-refractivity contribution is 5.85. The first-order valence-corrected chi connectivity index (χ1v) is 12.9. The highest BCUT2D eigenvalue weighted by atomic mass is 35.5. The maximum atomic E-state index is 12.1. The van der Waals surface area contributed by atoms with E-state index in [0.29, 0.717) is 36.6 Å². The molecule has 0 aromatic carbocycles. The Kier molecular flexibility index (Phi) is 13.9. The fourth-order valence-corrected chi connectivity index (χ4v) is 4.72. The smallest absolute Gasteiger partial charge is 0.410 e. The van der Waals surface area contributed by atoms with Crippen molar-refractivity contribution >= 4 is 42.5 Å². The van der Waals surface area contributed by atoms with E-state index in [1.807, 2.05) is 27.0 Å². The minimum atomic E-state index is -0.460. The Balaban J connectivity index is 0.000000394. The van der Waals surface area contributed by atoms with Crippen molar-refractivity contribution in [1.29, 1.82) is 0 Å². The number of rotatable bonds is 4. The van der Waals surface area contributed by atoms with Gasteiger partial charge in [0, 0.05) is 48.7 Å². The van der Waals surface area contributed by atoms with Crippen molar-refractivity contribution in [3.63, 3.8) is 0 Å². The van der Waals surface area contributed by atoms with E-state index < -0.39 is 5.60 Å². The Labute approximate surface area is 244 Å². The topological polar surface area (TPSA) is 138 Å². The summed E-state index contributed by atoms with van der Waals surface area (Å²) in [5.41, 5.74) is 13.1. The lowest BCUT2D eigenvalue weighted by molar-refractivity contribution is 0.0204. The van der Waals surface area contributed by atoms with Crippen molar-refractivity contribution in [2.75, 3.05) is 51.9 Å². The maximum absolute atomic E-state index is 12.1. The molecule has 1 amide bonds. The van der Waals surface area contributed by atoms with Crippen LogP contribution in [-0.2, 0) is 4.74 Å². The van der Waals surface area contributed by atoms with Gasteiger partial charge in [0.15, 0.2) is 0 Å². The van der Waals surface area contributed by atoms with Gasteiger partial charge in [0.1, 0.15) is 28.7 Å². The summed E-state index contributed by atoms with van der Waals surface area (Å²) in [6, 6.07) is 3.55. The fraction of sp³-hybridized carbons (Fsp3) is 0.593. The molecule has 220 valence electrons. The number of piperidine rings is 2. The molecule has 4 rings (SSSR count). The molecule has 5 N–H and O–H groups in total. The van der Waals surface area contributed by atoms with Gasteiger partial charge in [-0.25, -0.2) is 14.8 Å². The second kappa shape index (κ2) is 15.8. The summed E-state index contributed by atoms with van der Waals surface area (Å²) in [6.07, 6.45) is 7.40. The Bertz CT molecular complexity index is 1040. The number of hydrogen-bond donors (Lipinski definition) is 3. The Morgan fingerprint density at radius 1 is 0.872 bits per heavy atom. The molecule has 10 nitrogen and oxygen atoms in total. The van der Waals surface area contributed by atoms with E-state index in [2.05, 4.69) is 15.3 Å². The zero-order chi connectivity index (χ0) is 27.0. The number of aromatic nitrogens is 2. The van der Waals surface area contributed by atoms with Crippen LogP contribution >= 0.6 is 24.8 Å². The third-order valence-corrected chi connectivity index (χ3v) is 6.64. The highest BCUT2D eigenvalue weighted by Crippen LogP contribution is 2.35. The number of ether oxygens (including phenoxy) is 3. The molecule has 39 heavy (non-hydrogen) atoms. The number of pyridine rings is 2. The Morgan fingerprint density at radius 2 is 1.31 bits per heavy atom. The van der Waals surface area contributed by atoms with E-state index in [1.165, 1.54) is 5.56 Å². The molecule has 2 fully saturated rings. The number of nitrogens with one attached hydrogen (secondary N) is 1. The molecule has 0 aliphatic carbocycles. The van der Waals surface area contributed by atoms with Crippen LogP contribution in [0, 0.1) is 0 Å². The normalized spacial score (nSPS) is 16.1. The number of likely N-dealkylation sites (tertiary alicyclic amines) is 1. The lowest BCUT2D eigenvalue weighted by atomic mass is 9.90. The number of nitrogens with zero attached hydrogens (tertiary/aromatic N) is 3. The molecule has 2 aliphatic rings. The first kappa shape index (κ1) is 34.3. The summed E-state index contributed by atoms with van der Waals surface area (Å²) < 4.78 is 16.1. The average Bonchev–Trinajstić information content (AvgIpc) is 2.88. The van der Waals surface area contributed by atoms with Crippen LogP contribution < -0.4 is 26.3 Å². The number of carbonyl (C=O) groups excluding carboxylic acids is 1. The first-order valence-electron chi connectivity index (χ1n) is 12.9. The summed E-state index contributed by atoms with van der Waals surface area (Å²) in [7, 11) is 3.31. The molecule has 2 aliphatic heterocycles. The van der Waals surface area contributed by atoms with Gasteiger partial charge < -0.3 is 35.9 Å². The van der Waals surface area contributed by atoms with Crippen molar-refractivity contribution in [3.8, 4) is 11.5 Å². The average molecular weight is 588 g/mol. The second-order valence-corrected chi connectivity index (χ2v) is 10.5. The second-order valence-electron chi connectivity index (χ2n) is 10.5. The monoisotopic (exact) mass is 586 g/mol. The standard InChI is InChI=1S/C16H25N3O3.C11H17N3O.2ClH/c1-16(2,3)22-15(20)19-7-5-11(6-8-19)12-10-18-14(17)9-13(12)21-4;1-15-10-6-11(12)14-7-9(10)8-2-4-13-5-3-8;;/h9-11H,5-8H2,1-4H3,(H2,17,18);6-8,13H,2-5H2,1H3,(H2,12,14);2*1H. The van der Waals surface area contributed by atoms with Crippen LogP contribution in [0.15, 0.2) is 24.5 Å². The lowest BCUT2D eigenvalue weighted by Crippen LogP contribution is -2.41. The third kappa shape index (κ3) is 10.1. The predicted molar refractivity (Wildman–Crippen MR) is 160 cm³/mol. The summed E-state index contributed by atoms with van der Waals surface area (Å²) in [6.45, 7) is 9.12. The van der Waals surface area contributed by atoms with Crippen LogP contribution in [0.5, 0.6) is 11.5 Å². The van der Waals surface area contributed by atoms with Crippen LogP contribution in [0.3, 0.4) is 0 Å². The maximum Gasteiger partial charge on any atom is 0.410 e. The van der Waals surface area contributed by atoms with E-state index in [1.54, 1.807) is 37.4 Å². The van der Waals surface area contributed by atoms with Crippen LogP contribution in [-0.4, -0.2) is 67.0 Å². The van der Waals surface area contributed by atoms with Gasteiger partial charge in [-0.1, -0.05) is 0 Å². The first-order chi connectivity index (χ1) is 17.6. The molecule has 0 spiro atoms. The Morgan fingerprint density at radius 3 is 1.72 bits per heavy atom. The van der Waals surface area contributed by atoms with Gasteiger partial charge in [0.2, 0.25) is 0 Å². The number of methoxy groups -OCH3 is 2. The zero-order valence-corrected chi connectivity index (χ0v) is 25.2. The number of carbonyl (C=O) groups is 1. The quantitative estimate of drug-likeness (QED) is 0.462. The fourth-order valence-electron chi connectivity index (χ4n) is 4.72. The van der Waals surface area contributed by atoms with Crippen molar-refractivity contribution < 1.29 is 19.0 Å². The van der Waals surface area contributed by atoms with E-state index in [9.17, 15) is 4.79 Å². The van der Waals surface area contributed by atoms with Gasteiger partial charge in [-0.3, -0.25) is 0 Å². The van der Waals surface area contributed by atoms with E-state index in [0.717, 1.165) is 55.8 Å². The number of nitrogens with two attached hydrogens (primary N) is 2. The van der Waals surface area contributed by atoms with Crippen molar-refractivity contribution in [1.82, 2.24) is 20.2 Å². The zero-order valence-electron chi connectivity index (χ0n) is 23.6. The van der Waals surface area contributed by atoms with Crippen molar-refractivity contribution in [3.05, 3.63) is 35.7 Å². The molecule has 0 atom stereocenters. The largest absolute Gasteiger partial charge is 0.496 e. The molecule has 0 saturated carbocycles. The van der Waals surface area contributed by atoms with E-state index in [4.69, 9.17) is 25.7 Å². The summed E-state index contributed by atoms with van der Waals surface area (Å²) >= 11 is 0. The van der Waals surface area contributed by atoms with Crippen LogP contribution in [0.1, 0.15) is 69.4 Å². The number of nitrogen functional groups attached to an aromatic ring is 2. The SMILES string of the molecule is COc1cc(N)ncc1C1CCN(C(=O)OC(C)(C)C)CC1.COc1cc(N)ncc1C1CCNCC1.Cl.Cl. The molecule has 4 heterocycles. The Hall–Kier alpha value is -2.69. The minimum absolute atomic E-state index is 0. The van der Waals surface area contributed by atoms with Gasteiger partial charge >= 0.3 is 6.09 Å². The molecule has 2 saturated heterocycles. The number of hydrogen-bond acceptors (Lipinski definition) is 9. The van der Waals surface area contributed by atoms with Crippen molar-refractivity contribution in [2.45, 2.75) is 63.9 Å². The lowest BCUT2D eigenvalue weighted by Gasteiger charge is -2.33. The molecule has 0 bridgehead atoms. The van der Waals surface area contributed by atoms with Gasteiger partial charge in [0.05, 0.1) is 14.2 Å². The number of amides is 1. The molecule has 2 aromatic heterocycles. The number of anilines is 2. The predicted octanol–water partition coefficient (Wildman–Crippen LogP) is 4.77. The van der Waals surface area contributed by atoms with E-state index >= 15 is 0 Å². The van der Waals surface area contributed by atoms with Gasteiger partial charge in [-0.05, 0) is 71.4 Å². The summed E-state index contributed by atoms with van der Waals surface area (Å²) in [4.78, 5) is 22.1. The third-order valence-electron chi connectivity index (χ3n) is 6.64. The van der Waals surface area contributed by atoms with Crippen LogP contribution in [0.25, 0.3) is 0 Å². The molecular weight excluding hydrogens is 543 g/mol. The molecule has 12 heteroatoms. The van der Waals surface area contributed by atoms with Crippen LogP contribution in [0.4, 0.5) is 16.4 Å².